The highest BCUT2D eigenvalue weighted by atomic mass is 16.7. The fourth-order valence-electron chi connectivity index (χ4n) is 11.5. The van der Waals surface area contributed by atoms with Crippen LogP contribution in [0.3, 0.4) is 0 Å². The number of hydrogen-bond donors (Lipinski definition) is 9. The molecule has 2 saturated heterocycles. The van der Waals surface area contributed by atoms with Gasteiger partial charge in [0.2, 0.25) is 5.91 Å². The van der Waals surface area contributed by atoms with Gasteiger partial charge in [-0.25, -0.2) is 0 Å². The highest BCUT2D eigenvalue weighted by Crippen LogP contribution is 2.30. The van der Waals surface area contributed by atoms with Gasteiger partial charge >= 0.3 is 0 Å². The van der Waals surface area contributed by atoms with Crippen molar-refractivity contribution in [2.75, 3.05) is 19.8 Å². The summed E-state index contributed by atoms with van der Waals surface area (Å²) in [6.07, 6.45) is 41.4. The minimum atomic E-state index is -1.78. The van der Waals surface area contributed by atoms with Crippen molar-refractivity contribution in [1.29, 1.82) is 0 Å². The van der Waals surface area contributed by atoms with Gasteiger partial charge in [-0.2, -0.15) is 0 Å². The predicted molar refractivity (Wildman–Crippen MR) is 314 cm³/mol. The molecule has 2 rings (SSSR count). The van der Waals surface area contributed by atoms with Crippen molar-refractivity contribution in [3.8, 4) is 0 Å². The lowest BCUT2D eigenvalue weighted by molar-refractivity contribution is -0.359. The zero-order valence-corrected chi connectivity index (χ0v) is 50.2. The molecule has 0 bridgehead atoms. The van der Waals surface area contributed by atoms with Gasteiger partial charge < -0.3 is 65.1 Å². The van der Waals surface area contributed by atoms with Crippen LogP contribution in [0.4, 0.5) is 0 Å². The molecule has 0 aliphatic carbocycles. The van der Waals surface area contributed by atoms with Gasteiger partial charge in [0.15, 0.2) is 12.6 Å². The number of carbonyl (C=O) groups is 1. The molecule has 0 spiro atoms. The molecular weight excluding hydrogens is 991 g/mol. The highest BCUT2D eigenvalue weighted by molar-refractivity contribution is 5.76. The van der Waals surface area contributed by atoms with Crippen molar-refractivity contribution in [2.45, 2.75) is 383 Å². The zero-order chi connectivity index (χ0) is 56.7. The number of hydrogen-bond acceptors (Lipinski definition) is 13. The van der Waals surface area contributed by atoms with Gasteiger partial charge in [0.05, 0.1) is 32.0 Å². The molecule has 12 atom stereocenters. The summed E-state index contributed by atoms with van der Waals surface area (Å²) in [6, 6.07) is -0.822. The van der Waals surface area contributed by atoms with E-state index in [0.717, 1.165) is 51.4 Å². The Balaban J connectivity index is 1.59. The van der Waals surface area contributed by atoms with Gasteiger partial charge in [-0.3, -0.25) is 4.79 Å². The molecule has 0 radical (unpaired) electrons. The number of amides is 1. The van der Waals surface area contributed by atoms with E-state index in [-0.39, 0.29) is 12.5 Å². The highest BCUT2D eigenvalue weighted by Gasteiger charge is 2.51. The third kappa shape index (κ3) is 35.2. The molecule has 4 unspecified atom stereocenters. The van der Waals surface area contributed by atoms with Crippen molar-refractivity contribution in [3.63, 3.8) is 0 Å². The molecule has 464 valence electrons. The molecule has 2 aliphatic rings. The van der Waals surface area contributed by atoms with Crippen LogP contribution >= 0.6 is 0 Å². The Hall–Kier alpha value is -1.01. The van der Waals surface area contributed by atoms with Crippen LogP contribution < -0.4 is 5.32 Å². The number of aliphatic hydroxyl groups excluding tert-OH is 8. The lowest BCUT2D eigenvalue weighted by Gasteiger charge is -2.46. The van der Waals surface area contributed by atoms with Crippen LogP contribution in [-0.4, -0.2) is 140 Å². The van der Waals surface area contributed by atoms with Crippen LogP contribution in [0.15, 0.2) is 0 Å². The van der Waals surface area contributed by atoms with Gasteiger partial charge in [0.25, 0.3) is 0 Å². The summed E-state index contributed by atoms with van der Waals surface area (Å²) in [5.74, 6) is -0.200. The molecule has 0 aromatic carbocycles. The van der Waals surface area contributed by atoms with Crippen molar-refractivity contribution < 1.29 is 64.6 Å². The van der Waals surface area contributed by atoms with E-state index in [4.69, 9.17) is 18.9 Å². The lowest BCUT2D eigenvalue weighted by atomic mass is 9.97. The molecule has 14 heteroatoms. The van der Waals surface area contributed by atoms with E-state index in [1.165, 1.54) is 231 Å². The molecule has 1 amide bonds. The number of carbonyl (C=O) groups excluding carboxylic acids is 1. The largest absolute Gasteiger partial charge is 0.394 e. The second-order valence-corrected chi connectivity index (χ2v) is 24.0. The van der Waals surface area contributed by atoms with Crippen LogP contribution in [0.25, 0.3) is 0 Å². The van der Waals surface area contributed by atoms with Crippen molar-refractivity contribution in [3.05, 3.63) is 0 Å². The average Bonchev–Trinajstić information content (AvgIpc) is 3.46. The van der Waals surface area contributed by atoms with Crippen molar-refractivity contribution in [2.24, 2.45) is 0 Å². The summed E-state index contributed by atoms with van der Waals surface area (Å²) in [7, 11) is 0. The summed E-state index contributed by atoms with van der Waals surface area (Å²) < 4.78 is 22.8. The first-order valence-electron chi connectivity index (χ1n) is 33.3. The van der Waals surface area contributed by atoms with E-state index < -0.39 is 86.8 Å². The minimum absolute atomic E-state index is 0.200. The summed E-state index contributed by atoms with van der Waals surface area (Å²) >= 11 is 0. The smallest absolute Gasteiger partial charge is 0.220 e. The Morgan fingerprint density at radius 3 is 1.09 bits per heavy atom. The number of aliphatic hydroxyl groups is 8. The summed E-state index contributed by atoms with van der Waals surface area (Å²) in [5, 5.41) is 87.2. The van der Waals surface area contributed by atoms with Gasteiger partial charge in [-0.15, -0.1) is 0 Å². The van der Waals surface area contributed by atoms with E-state index >= 15 is 0 Å². The first-order chi connectivity index (χ1) is 38.1. The molecule has 2 heterocycles. The minimum Gasteiger partial charge on any atom is -0.394 e. The van der Waals surface area contributed by atoms with Crippen molar-refractivity contribution >= 4 is 5.91 Å². The van der Waals surface area contributed by atoms with E-state index in [0.29, 0.717) is 12.8 Å². The Bertz CT molecular complexity index is 1310. The van der Waals surface area contributed by atoms with Crippen LogP contribution in [0.5, 0.6) is 0 Å². The Morgan fingerprint density at radius 2 is 0.731 bits per heavy atom. The quantitative estimate of drug-likeness (QED) is 0.0259. The van der Waals surface area contributed by atoms with E-state index in [1.807, 2.05) is 0 Å². The number of ether oxygens (including phenoxy) is 4. The standard InChI is InChI=1S/C64H125NO13/c1-3-5-7-9-11-13-15-17-18-19-20-21-22-23-24-25-26-27-28-29-30-31-32-33-34-35-36-38-40-42-44-46-48-56(69)65-52(53(68)47-45-43-41-39-37-16-14-12-10-8-6-4-2)51-75-63-61(74)59(72)62(55(50-67)77-63)78-64-60(73)58(71)57(70)54(49-66)76-64/h52-55,57-64,66-68,70-74H,3-51H2,1-2H3,(H,65,69)/t52-,53+,54+,55+,57-,58?,59?,60?,61?,62+,63+,64-/m0/s1. The van der Waals surface area contributed by atoms with Crippen LogP contribution in [0.1, 0.15) is 309 Å². The van der Waals surface area contributed by atoms with E-state index in [9.17, 15) is 45.6 Å². The lowest BCUT2D eigenvalue weighted by Crippen LogP contribution is -2.65. The molecule has 2 aliphatic heterocycles. The average molecular weight is 1120 g/mol. The SMILES string of the molecule is CCCCCCCCCCCCCCCCCCCCCCCCCCCCCCCCCCC(=O)N[C@@H](CO[C@@H]1O[C@H](CO)[C@@H](O[C@@H]2O[C@H](CO)[C@H](O)C(O)C2O)C(O)C1O)[C@H](O)CCCCCCCCCCCCCC. The molecule has 14 nitrogen and oxygen atoms in total. The third-order valence-corrected chi connectivity index (χ3v) is 16.8. The summed E-state index contributed by atoms with van der Waals surface area (Å²) in [5.41, 5.74) is 0. The predicted octanol–water partition coefficient (Wildman–Crippen LogP) is 12.5. The second kappa shape index (κ2) is 50.5. The molecule has 0 aromatic rings. The number of rotatable bonds is 55. The van der Waals surface area contributed by atoms with Crippen LogP contribution in [0.2, 0.25) is 0 Å². The molecule has 0 saturated carbocycles. The number of nitrogens with one attached hydrogen (secondary N) is 1. The van der Waals surface area contributed by atoms with Crippen LogP contribution in [0, 0.1) is 0 Å². The fourth-order valence-corrected chi connectivity index (χ4v) is 11.5. The topological polar surface area (TPSA) is 228 Å². The normalized spacial score (nSPS) is 24.4. The van der Waals surface area contributed by atoms with Gasteiger partial charge in [-0.1, -0.05) is 290 Å². The molecule has 2 fully saturated rings. The molecule has 78 heavy (non-hydrogen) atoms. The molecule has 9 N–H and O–H groups in total. The monoisotopic (exact) mass is 1120 g/mol. The van der Waals surface area contributed by atoms with Crippen LogP contribution in [-0.2, 0) is 23.7 Å². The molecular formula is C64H125NO13. The maximum atomic E-state index is 13.3. The zero-order valence-electron chi connectivity index (χ0n) is 50.2. The van der Waals surface area contributed by atoms with E-state index in [2.05, 4.69) is 19.2 Å². The molecule has 0 aromatic heterocycles. The maximum Gasteiger partial charge on any atom is 0.220 e. The number of unbranched alkanes of at least 4 members (excludes halogenated alkanes) is 42. The Morgan fingerprint density at radius 1 is 0.410 bits per heavy atom. The Kier molecular flexibility index (Phi) is 47.3. The van der Waals surface area contributed by atoms with E-state index in [1.54, 1.807) is 0 Å². The van der Waals surface area contributed by atoms with Gasteiger partial charge in [0.1, 0.15) is 48.8 Å². The first-order valence-corrected chi connectivity index (χ1v) is 33.3. The summed E-state index contributed by atoms with van der Waals surface area (Å²) in [6.45, 7) is 2.89. The van der Waals surface area contributed by atoms with Gasteiger partial charge in [0, 0.05) is 6.42 Å². The van der Waals surface area contributed by atoms with Crippen molar-refractivity contribution in [1.82, 2.24) is 5.32 Å². The third-order valence-electron chi connectivity index (χ3n) is 16.8. The first kappa shape index (κ1) is 73.1. The Labute approximate surface area is 476 Å². The fraction of sp³-hybridized carbons (Fsp3) is 0.984. The maximum absolute atomic E-state index is 13.3. The summed E-state index contributed by atoms with van der Waals surface area (Å²) in [4.78, 5) is 13.3. The van der Waals surface area contributed by atoms with Gasteiger partial charge in [-0.05, 0) is 12.8 Å². The second-order valence-electron chi connectivity index (χ2n) is 24.0.